The zero-order valence-electron chi connectivity index (χ0n) is 11.3. The van der Waals surface area contributed by atoms with Crippen LogP contribution in [-0.2, 0) is 0 Å². The van der Waals surface area contributed by atoms with Crippen molar-refractivity contribution in [3.05, 3.63) is 18.2 Å². The van der Waals surface area contributed by atoms with Gasteiger partial charge in [-0.15, -0.1) is 0 Å². The molecule has 1 saturated heterocycles. The average molecular weight is 260 g/mol. The molecule has 1 aromatic carbocycles. The van der Waals surface area contributed by atoms with Gasteiger partial charge in [0.25, 0.3) is 0 Å². The smallest absolute Gasteiger partial charge is 0.142 e. The molecule has 0 atom stereocenters. The molecular weight excluding hydrogens is 240 g/mol. The molecule has 1 aliphatic rings. The van der Waals surface area contributed by atoms with E-state index in [-0.39, 0.29) is 0 Å². The molecule has 1 aliphatic heterocycles. The van der Waals surface area contributed by atoms with E-state index in [0.29, 0.717) is 6.42 Å². The summed E-state index contributed by atoms with van der Waals surface area (Å²) in [5.74, 6) is 0.861. The van der Waals surface area contributed by atoms with Gasteiger partial charge in [0.2, 0.25) is 0 Å². The molecule has 0 aromatic heterocycles. The van der Waals surface area contributed by atoms with Gasteiger partial charge in [0, 0.05) is 44.8 Å². The Kier molecular flexibility index (Phi) is 4.48. The van der Waals surface area contributed by atoms with Crippen molar-refractivity contribution < 1.29 is 4.74 Å². The maximum atomic E-state index is 8.61. The molecule has 0 aliphatic carbocycles. The Morgan fingerprint density at radius 3 is 2.68 bits per heavy atom. The van der Waals surface area contributed by atoms with E-state index in [1.54, 1.807) is 7.11 Å². The lowest BCUT2D eigenvalue weighted by Gasteiger charge is -2.36. The van der Waals surface area contributed by atoms with Gasteiger partial charge < -0.3 is 15.4 Å². The minimum Gasteiger partial charge on any atom is -0.495 e. The van der Waals surface area contributed by atoms with Gasteiger partial charge in [-0.05, 0) is 18.2 Å². The molecule has 19 heavy (non-hydrogen) atoms. The van der Waals surface area contributed by atoms with Gasteiger partial charge in [-0.2, -0.15) is 5.26 Å². The Morgan fingerprint density at radius 2 is 2.05 bits per heavy atom. The molecule has 0 saturated carbocycles. The normalized spacial score (nSPS) is 16.1. The molecule has 0 amide bonds. The second kappa shape index (κ2) is 6.30. The lowest BCUT2D eigenvalue weighted by molar-refractivity contribution is 0.262. The van der Waals surface area contributed by atoms with Crippen LogP contribution >= 0.6 is 0 Å². The van der Waals surface area contributed by atoms with Crippen LogP contribution in [0.15, 0.2) is 18.2 Å². The first-order chi connectivity index (χ1) is 9.24. The first kappa shape index (κ1) is 13.5. The molecular formula is C14H20N4O. The minimum absolute atomic E-state index is 0.599. The largest absolute Gasteiger partial charge is 0.495 e. The first-order valence-electron chi connectivity index (χ1n) is 6.52. The van der Waals surface area contributed by atoms with Crippen LogP contribution in [0.25, 0.3) is 0 Å². The number of rotatable bonds is 4. The van der Waals surface area contributed by atoms with Crippen molar-refractivity contribution in [2.75, 3.05) is 50.5 Å². The Morgan fingerprint density at radius 1 is 1.32 bits per heavy atom. The molecule has 0 bridgehead atoms. The number of methoxy groups -OCH3 is 1. The van der Waals surface area contributed by atoms with Gasteiger partial charge in [-0.1, -0.05) is 0 Å². The molecule has 1 heterocycles. The predicted molar refractivity (Wildman–Crippen MR) is 76.3 cm³/mol. The second-order valence-corrected chi connectivity index (χ2v) is 4.67. The molecule has 0 spiro atoms. The maximum Gasteiger partial charge on any atom is 0.142 e. The summed E-state index contributed by atoms with van der Waals surface area (Å²) in [6.45, 7) is 4.67. The number of benzene rings is 1. The van der Waals surface area contributed by atoms with E-state index in [1.165, 1.54) is 0 Å². The van der Waals surface area contributed by atoms with Crippen molar-refractivity contribution in [3.8, 4) is 11.8 Å². The monoisotopic (exact) mass is 260 g/mol. The summed E-state index contributed by atoms with van der Waals surface area (Å²) in [4.78, 5) is 4.61. The quantitative estimate of drug-likeness (QED) is 0.827. The summed E-state index contributed by atoms with van der Waals surface area (Å²) in [5.41, 5.74) is 7.66. The summed E-state index contributed by atoms with van der Waals surface area (Å²) in [5, 5.41) is 8.61. The predicted octanol–water partition coefficient (Wildman–Crippen LogP) is 1.31. The van der Waals surface area contributed by atoms with Crippen LogP contribution in [0.1, 0.15) is 6.42 Å². The van der Waals surface area contributed by atoms with E-state index in [9.17, 15) is 0 Å². The Hall–Kier alpha value is -1.93. The van der Waals surface area contributed by atoms with Gasteiger partial charge in [0.15, 0.2) is 0 Å². The van der Waals surface area contributed by atoms with Gasteiger partial charge >= 0.3 is 0 Å². The number of nitriles is 1. The third-order valence-corrected chi connectivity index (χ3v) is 3.46. The standard InChI is InChI=1S/C14H20N4O/c1-19-14-4-3-12(16)11-13(14)18-9-7-17(8-10-18)6-2-5-15/h3-4,11H,2,6-10,16H2,1H3. The molecule has 1 aromatic rings. The van der Waals surface area contributed by atoms with E-state index in [4.69, 9.17) is 15.7 Å². The van der Waals surface area contributed by atoms with E-state index < -0.39 is 0 Å². The Labute approximate surface area is 114 Å². The zero-order chi connectivity index (χ0) is 13.7. The molecule has 2 N–H and O–H groups in total. The van der Waals surface area contributed by atoms with Crippen molar-refractivity contribution in [1.82, 2.24) is 4.90 Å². The van der Waals surface area contributed by atoms with Crippen LogP contribution in [-0.4, -0.2) is 44.7 Å². The van der Waals surface area contributed by atoms with Gasteiger partial charge in [-0.3, -0.25) is 4.90 Å². The summed E-state index contributed by atoms with van der Waals surface area (Å²) in [6, 6.07) is 7.92. The molecule has 1 fully saturated rings. The van der Waals surface area contributed by atoms with Crippen LogP contribution in [0.2, 0.25) is 0 Å². The number of hydrogen-bond donors (Lipinski definition) is 1. The third kappa shape index (κ3) is 3.30. The highest BCUT2D eigenvalue weighted by Gasteiger charge is 2.19. The number of nitrogen functional groups attached to an aromatic ring is 1. The fraction of sp³-hybridized carbons (Fsp3) is 0.500. The summed E-state index contributed by atoms with van der Waals surface area (Å²) < 4.78 is 5.39. The highest BCUT2D eigenvalue weighted by molar-refractivity contribution is 5.65. The van der Waals surface area contributed by atoms with Crippen LogP contribution in [0.5, 0.6) is 5.75 Å². The molecule has 2 rings (SSSR count). The van der Waals surface area contributed by atoms with Gasteiger partial charge in [-0.25, -0.2) is 0 Å². The van der Waals surface area contributed by atoms with Crippen LogP contribution in [0.3, 0.4) is 0 Å². The van der Waals surface area contributed by atoms with Gasteiger partial charge in [0.1, 0.15) is 5.75 Å². The fourth-order valence-corrected chi connectivity index (χ4v) is 2.37. The number of nitrogens with zero attached hydrogens (tertiary/aromatic N) is 3. The number of piperazine rings is 1. The van der Waals surface area contributed by atoms with Crippen molar-refractivity contribution in [2.45, 2.75) is 6.42 Å². The van der Waals surface area contributed by atoms with Crippen LogP contribution < -0.4 is 15.4 Å². The van der Waals surface area contributed by atoms with Crippen LogP contribution in [0, 0.1) is 11.3 Å². The average Bonchev–Trinajstić information content (AvgIpc) is 2.45. The lowest BCUT2D eigenvalue weighted by atomic mass is 10.2. The maximum absolute atomic E-state index is 8.61. The Balaban J connectivity index is 2.01. The molecule has 5 nitrogen and oxygen atoms in total. The molecule has 0 unspecified atom stereocenters. The van der Waals surface area contributed by atoms with Crippen molar-refractivity contribution >= 4 is 11.4 Å². The summed E-state index contributed by atoms with van der Waals surface area (Å²) in [6.07, 6.45) is 0.599. The van der Waals surface area contributed by atoms with E-state index in [0.717, 1.165) is 49.8 Å². The van der Waals surface area contributed by atoms with Crippen molar-refractivity contribution in [3.63, 3.8) is 0 Å². The Bertz CT molecular complexity index is 461. The number of ether oxygens (including phenoxy) is 1. The van der Waals surface area contributed by atoms with Gasteiger partial charge in [0.05, 0.1) is 18.9 Å². The lowest BCUT2D eigenvalue weighted by Crippen LogP contribution is -2.46. The van der Waals surface area contributed by atoms with Crippen molar-refractivity contribution in [2.24, 2.45) is 0 Å². The highest BCUT2D eigenvalue weighted by atomic mass is 16.5. The fourth-order valence-electron chi connectivity index (χ4n) is 2.37. The summed E-state index contributed by atoms with van der Waals surface area (Å²) >= 11 is 0. The molecule has 0 radical (unpaired) electrons. The van der Waals surface area contributed by atoms with Crippen molar-refractivity contribution in [1.29, 1.82) is 5.26 Å². The van der Waals surface area contributed by atoms with E-state index in [2.05, 4.69) is 15.9 Å². The second-order valence-electron chi connectivity index (χ2n) is 4.67. The summed E-state index contributed by atoms with van der Waals surface area (Å²) in [7, 11) is 1.68. The molecule has 5 heteroatoms. The topological polar surface area (TPSA) is 65.5 Å². The number of anilines is 2. The number of nitrogens with two attached hydrogens (primary N) is 1. The van der Waals surface area contributed by atoms with E-state index >= 15 is 0 Å². The van der Waals surface area contributed by atoms with Crippen LogP contribution in [0.4, 0.5) is 11.4 Å². The third-order valence-electron chi connectivity index (χ3n) is 3.46. The first-order valence-corrected chi connectivity index (χ1v) is 6.52. The minimum atomic E-state index is 0.599. The highest BCUT2D eigenvalue weighted by Crippen LogP contribution is 2.30. The number of hydrogen-bond acceptors (Lipinski definition) is 5. The SMILES string of the molecule is COc1ccc(N)cc1N1CCN(CCC#N)CC1. The zero-order valence-corrected chi connectivity index (χ0v) is 11.3. The van der Waals surface area contributed by atoms with E-state index in [1.807, 2.05) is 18.2 Å². The molecule has 102 valence electrons.